The highest BCUT2D eigenvalue weighted by Crippen LogP contribution is 2.08. The average molecular weight is 209 g/mol. The van der Waals surface area contributed by atoms with Gasteiger partial charge in [0.05, 0.1) is 0 Å². The number of hydrogen-bond acceptors (Lipinski definition) is 2. The van der Waals surface area contributed by atoms with Gasteiger partial charge in [-0.2, -0.15) is 0 Å². The Hall–Kier alpha value is -1.51. The first-order valence-corrected chi connectivity index (χ1v) is 5.26. The van der Waals surface area contributed by atoms with E-state index in [-0.39, 0.29) is 11.3 Å². The summed E-state index contributed by atoms with van der Waals surface area (Å²) in [6, 6.07) is 2.71. The molecule has 0 saturated carbocycles. The monoisotopic (exact) mass is 209 g/mol. The lowest BCUT2D eigenvalue weighted by Gasteiger charge is -2.06. The molecule has 0 amide bonds. The van der Waals surface area contributed by atoms with Crippen LogP contribution in [0.5, 0.6) is 5.75 Å². The van der Waals surface area contributed by atoms with E-state index in [2.05, 4.69) is 0 Å². The molecule has 0 aromatic carbocycles. The van der Waals surface area contributed by atoms with Crippen LogP contribution < -0.4 is 5.56 Å². The molecule has 3 nitrogen and oxygen atoms in total. The van der Waals surface area contributed by atoms with Crippen molar-refractivity contribution in [2.75, 3.05) is 0 Å². The van der Waals surface area contributed by atoms with Crippen LogP contribution in [0.4, 0.5) is 0 Å². The van der Waals surface area contributed by atoms with Gasteiger partial charge in [0, 0.05) is 18.0 Å². The Balaban J connectivity index is 0.000000921. The largest absolute Gasteiger partial charge is 0.508 e. The van der Waals surface area contributed by atoms with Crippen LogP contribution in [-0.4, -0.2) is 9.67 Å². The molecule has 0 atom stereocenters. The van der Waals surface area contributed by atoms with Crippen molar-refractivity contribution in [3.05, 3.63) is 34.8 Å². The average Bonchev–Trinajstić information content (AvgIpc) is 2.25. The van der Waals surface area contributed by atoms with Gasteiger partial charge >= 0.3 is 0 Å². The molecule has 3 heteroatoms. The van der Waals surface area contributed by atoms with Crippen molar-refractivity contribution < 1.29 is 5.11 Å². The van der Waals surface area contributed by atoms with Crippen molar-refractivity contribution in [1.82, 2.24) is 4.57 Å². The summed E-state index contributed by atoms with van der Waals surface area (Å²) in [4.78, 5) is 11.4. The lowest BCUT2D eigenvalue weighted by molar-refractivity contribution is 0.473. The first kappa shape index (κ1) is 13.5. The van der Waals surface area contributed by atoms with Gasteiger partial charge in [0.1, 0.15) is 5.75 Å². The quantitative estimate of drug-likeness (QED) is 0.813. The Labute approximate surface area is 90.7 Å². The zero-order valence-electron chi connectivity index (χ0n) is 9.82. The number of nitrogens with zero attached hydrogens (tertiary/aromatic N) is 1. The Morgan fingerprint density at radius 3 is 2.53 bits per heavy atom. The van der Waals surface area contributed by atoms with Gasteiger partial charge in [-0.25, -0.2) is 0 Å². The van der Waals surface area contributed by atoms with E-state index in [1.807, 2.05) is 33.8 Å². The standard InChI is InChI=1S/C10H13NO2.C2H6/c1-3-8(4-2)11-6-5-9(12)7-10(11)13;1-2/h3,5-7,12H,4H2,1-2H3;1-2H3/b8-3+;. The van der Waals surface area contributed by atoms with E-state index in [1.54, 1.807) is 6.20 Å². The zero-order chi connectivity index (χ0) is 11.8. The minimum atomic E-state index is -0.199. The van der Waals surface area contributed by atoms with Gasteiger partial charge in [0.25, 0.3) is 5.56 Å². The van der Waals surface area contributed by atoms with Crippen LogP contribution in [-0.2, 0) is 0 Å². The molecule has 0 radical (unpaired) electrons. The molecule has 15 heavy (non-hydrogen) atoms. The van der Waals surface area contributed by atoms with Crippen molar-refractivity contribution in [1.29, 1.82) is 0 Å². The predicted octanol–water partition coefficient (Wildman–Crippen LogP) is 2.85. The third kappa shape index (κ3) is 3.62. The smallest absolute Gasteiger partial charge is 0.258 e. The highest BCUT2D eigenvalue weighted by Gasteiger charge is 1.99. The molecule has 1 heterocycles. The van der Waals surface area contributed by atoms with E-state index >= 15 is 0 Å². The van der Waals surface area contributed by atoms with E-state index in [0.29, 0.717) is 0 Å². The Morgan fingerprint density at radius 2 is 2.13 bits per heavy atom. The number of aromatic hydroxyl groups is 1. The summed E-state index contributed by atoms with van der Waals surface area (Å²) in [6.07, 6.45) is 4.26. The molecule has 84 valence electrons. The van der Waals surface area contributed by atoms with Crippen molar-refractivity contribution in [3.63, 3.8) is 0 Å². The molecule has 0 aliphatic carbocycles. The third-order valence-electron chi connectivity index (χ3n) is 1.91. The van der Waals surface area contributed by atoms with Crippen LogP contribution in [0.1, 0.15) is 34.1 Å². The molecule has 0 fully saturated rings. The van der Waals surface area contributed by atoms with Gasteiger partial charge in [0.2, 0.25) is 0 Å². The summed E-state index contributed by atoms with van der Waals surface area (Å²) in [5.74, 6) is 0.00723. The summed E-state index contributed by atoms with van der Waals surface area (Å²) in [7, 11) is 0. The molecular formula is C12H19NO2. The van der Waals surface area contributed by atoms with Crippen LogP contribution in [0.15, 0.2) is 29.2 Å². The highest BCUT2D eigenvalue weighted by atomic mass is 16.3. The third-order valence-corrected chi connectivity index (χ3v) is 1.91. The molecular weight excluding hydrogens is 190 g/mol. The van der Waals surface area contributed by atoms with Crippen LogP contribution in [0.2, 0.25) is 0 Å². The molecule has 1 aromatic rings. The normalized spacial score (nSPS) is 10.5. The lowest BCUT2D eigenvalue weighted by atomic mass is 10.3. The van der Waals surface area contributed by atoms with Gasteiger partial charge in [-0.05, 0) is 19.4 Å². The maximum Gasteiger partial charge on any atom is 0.258 e. The molecule has 1 rings (SSSR count). The van der Waals surface area contributed by atoms with Gasteiger partial charge in [-0.15, -0.1) is 0 Å². The SMILES string of the molecule is C/C=C(\CC)n1ccc(O)cc1=O.CC. The molecule has 0 unspecified atom stereocenters. The van der Waals surface area contributed by atoms with E-state index in [9.17, 15) is 4.79 Å². The van der Waals surface area contributed by atoms with Crippen molar-refractivity contribution >= 4 is 5.70 Å². The summed E-state index contributed by atoms with van der Waals surface area (Å²) in [5.41, 5.74) is 0.736. The predicted molar refractivity (Wildman–Crippen MR) is 64.0 cm³/mol. The van der Waals surface area contributed by atoms with Gasteiger partial charge < -0.3 is 5.11 Å². The van der Waals surface area contributed by atoms with Crippen LogP contribution in [0.3, 0.4) is 0 Å². The van der Waals surface area contributed by atoms with Gasteiger partial charge in [-0.1, -0.05) is 26.8 Å². The number of pyridine rings is 1. The van der Waals surface area contributed by atoms with Crippen molar-refractivity contribution in [2.45, 2.75) is 34.1 Å². The van der Waals surface area contributed by atoms with E-state index in [4.69, 9.17) is 5.11 Å². The fraction of sp³-hybridized carbons (Fsp3) is 0.417. The number of allylic oxidation sites excluding steroid dienone is 2. The Morgan fingerprint density at radius 1 is 1.53 bits per heavy atom. The maximum atomic E-state index is 11.4. The van der Waals surface area contributed by atoms with Crippen LogP contribution >= 0.6 is 0 Å². The second-order valence-corrected chi connectivity index (χ2v) is 2.73. The molecule has 0 aliphatic heterocycles. The maximum absolute atomic E-state index is 11.4. The van der Waals surface area contributed by atoms with Crippen molar-refractivity contribution in [2.24, 2.45) is 0 Å². The van der Waals surface area contributed by atoms with E-state index in [0.717, 1.165) is 12.1 Å². The van der Waals surface area contributed by atoms with E-state index < -0.39 is 0 Å². The molecule has 1 aromatic heterocycles. The summed E-state index contributed by atoms with van der Waals surface area (Å²) in [5, 5.41) is 9.03. The second-order valence-electron chi connectivity index (χ2n) is 2.73. The topological polar surface area (TPSA) is 42.2 Å². The highest BCUT2D eigenvalue weighted by molar-refractivity contribution is 5.44. The summed E-state index contributed by atoms with van der Waals surface area (Å²) < 4.78 is 1.53. The fourth-order valence-electron chi connectivity index (χ4n) is 1.22. The minimum absolute atomic E-state index is 0.00723. The first-order valence-electron chi connectivity index (χ1n) is 5.26. The first-order chi connectivity index (χ1) is 7.19. The molecule has 0 saturated heterocycles. The zero-order valence-corrected chi connectivity index (χ0v) is 9.82. The molecule has 0 bridgehead atoms. The molecule has 0 aliphatic rings. The number of hydrogen-bond donors (Lipinski definition) is 1. The fourth-order valence-corrected chi connectivity index (χ4v) is 1.22. The van der Waals surface area contributed by atoms with Crippen LogP contribution in [0, 0.1) is 0 Å². The van der Waals surface area contributed by atoms with E-state index in [1.165, 1.54) is 16.7 Å². The summed E-state index contributed by atoms with van der Waals surface area (Å²) in [6.45, 7) is 7.87. The Kier molecular flexibility index (Phi) is 6.18. The number of aromatic nitrogens is 1. The van der Waals surface area contributed by atoms with Gasteiger partial charge in [-0.3, -0.25) is 9.36 Å². The Bertz CT molecular complexity index is 377. The lowest BCUT2D eigenvalue weighted by Crippen LogP contribution is -2.16. The number of rotatable bonds is 2. The molecule has 0 spiro atoms. The molecule has 1 N–H and O–H groups in total. The summed E-state index contributed by atoms with van der Waals surface area (Å²) >= 11 is 0. The minimum Gasteiger partial charge on any atom is -0.508 e. The van der Waals surface area contributed by atoms with Gasteiger partial charge in [0.15, 0.2) is 0 Å². The second kappa shape index (κ2) is 6.87. The van der Waals surface area contributed by atoms with Crippen LogP contribution in [0.25, 0.3) is 5.70 Å². The van der Waals surface area contributed by atoms with Crippen molar-refractivity contribution in [3.8, 4) is 5.75 Å².